The second-order valence-electron chi connectivity index (χ2n) is 3.05. The number of benzene rings is 1. The molecule has 0 amide bonds. The molecule has 0 aliphatic rings. The maximum atomic E-state index is 5.87. The van der Waals surface area contributed by atoms with E-state index in [1.54, 1.807) is 18.6 Å². The molecule has 70 valence electrons. The SMILES string of the molecule is Cc1cc(Cl)ccc1-c1cnccn1. The van der Waals surface area contributed by atoms with Crippen LogP contribution in [0.4, 0.5) is 0 Å². The molecular formula is C11H9ClN2. The first-order valence-corrected chi connectivity index (χ1v) is 4.68. The van der Waals surface area contributed by atoms with E-state index in [0.29, 0.717) is 0 Å². The zero-order valence-electron chi connectivity index (χ0n) is 7.74. The van der Waals surface area contributed by atoms with Crippen molar-refractivity contribution in [3.63, 3.8) is 0 Å². The second kappa shape index (κ2) is 3.76. The van der Waals surface area contributed by atoms with E-state index in [1.165, 1.54) is 0 Å². The van der Waals surface area contributed by atoms with E-state index in [-0.39, 0.29) is 0 Å². The molecule has 0 radical (unpaired) electrons. The third kappa shape index (κ3) is 1.75. The summed E-state index contributed by atoms with van der Waals surface area (Å²) >= 11 is 5.87. The van der Waals surface area contributed by atoms with Gasteiger partial charge in [-0.2, -0.15) is 0 Å². The summed E-state index contributed by atoms with van der Waals surface area (Å²) in [4.78, 5) is 8.26. The lowest BCUT2D eigenvalue weighted by Gasteiger charge is -2.04. The predicted octanol–water partition coefficient (Wildman–Crippen LogP) is 3.11. The Balaban J connectivity index is 2.53. The summed E-state index contributed by atoms with van der Waals surface area (Å²) in [6, 6.07) is 5.74. The number of rotatable bonds is 1. The van der Waals surface area contributed by atoms with Gasteiger partial charge in [0.25, 0.3) is 0 Å². The van der Waals surface area contributed by atoms with Gasteiger partial charge in [0.15, 0.2) is 0 Å². The zero-order chi connectivity index (χ0) is 9.97. The molecule has 0 aliphatic heterocycles. The van der Waals surface area contributed by atoms with E-state index < -0.39 is 0 Å². The molecular weight excluding hydrogens is 196 g/mol. The lowest BCUT2D eigenvalue weighted by Crippen LogP contribution is -1.87. The normalized spacial score (nSPS) is 10.1. The smallest absolute Gasteiger partial charge is 0.0887 e. The van der Waals surface area contributed by atoms with Gasteiger partial charge in [0.2, 0.25) is 0 Å². The van der Waals surface area contributed by atoms with E-state index >= 15 is 0 Å². The van der Waals surface area contributed by atoms with E-state index in [1.807, 2.05) is 25.1 Å². The zero-order valence-corrected chi connectivity index (χ0v) is 8.49. The van der Waals surface area contributed by atoms with Crippen molar-refractivity contribution in [2.24, 2.45) is 0 Å². The molecule has 1 aromatic carbocycles. The molecule has 0 saturated heterocycles. The van der Waals surface area contributed by atoms with Crippen LogP contribution < -0.4 is 0 Å². The highest BCUT2D eigenvalue weighted by Crippen LogP contribution is 2.23. The Morgan fingerprint density at radius 1 is 1.21 bits per heavy atom. The Bertz CT molecular complexity index is 440. The number of nitrogens with zero attached hydrogens (tertiary/aromatic N) is 2. The van der Waals surface area contributed by atoms with E-state index in [9.17, 15) is 0 Å². The van der Waals surface area contributed by atoms with Crippen LogP contribution in [0.25, 0.3) is 11.3 Å². The molecule has 2 nitrogen and oxygen atoms in total. The number of hydrogen-bond acceptors (Lipinski definition) is 2. The highest BCUT2D eigenvalue weighted by Gasteiger charge is 2.02. The predicted molar refractivity (Wildman–Crippen MR) is 57.2 cm³/mol. The topological polar surface area (TPSA) is 25.8 Å². The summed E-state index contributed by atoms with van der Waals surface area (Å²) in [7, 11) is 0. The monoisotopic (exact) mass is 204 g/mol. The Kier molecular flexibility index (Phi) is 2.46. The average Bonchev–Trinajstić information content (AvgIpc) is 2.19. The van der Waals surface area contributed by atoms with Crippen molar-refractivity contribution in [2.45, 2.75) is 6.92 Å². The minimum Gasteiger partial charge on any atom is -0.261 e. The molecule has 14 heavy (non-hydrogen) atoms. The van der Waals surface area contributed by atoms with Crippen LogP contribution in [0.3, 0.4) is 0 Å². The van der Waals surface area contributed by atoms with Crippen molar-refractivity contribution in [3.05, 3.63) is 47.4 Å². The Labute approximate surface area is 87.6 Å². The van der Waals surface area contributed by atoms with Gasteiger partial charge < -0.3 is 0 Å². The Hall–Kier alpha value is -1.41. The van der Waals surface area contributed by atoms with Gasteiger partial charge in [-0.15, -0.1) is 0 Å². The van der Waals surface area contributed by atoms with Gasteiger partial charge in [0.1, 0.15) is 0 Å². The molecule has 0 saturated carbocycles. The minimum absolute atomic E-state index is 0.746. The average molecular weight is 205 g/mol. The molecule has 0 aliphatic carbocycles. The van der Waals surface area contributed by atoms with Gasteiger partial charge >= 0.3 is 0 Å². The van der Waals surface area contributed by atoms with Crippen molar-refractivity contribution in [2.75, 3.05) is 0 Å². The molecule has 3 heteroatoms. The van der Waals surface area contributed by atoms with Crippen molar-refractivity contribution >= 4 is 11.6 Å². The quantitative estimate of drug-likeness (QED) is 0.714. The van der Waals surface area contributed by atoms with Gasteiger partial charge in [-0.1, -0.05) is 17.7 Å². The van der Waals surface area contributed by atoms with Crippen molar-refractivity contribution in [3.8, 4) is 11.3 Å². The van der Waals surface area contributed by atoms with Crippen LogP contribution >= 0.6 is 11.6 Å². The molecule has 2 rings (SSSR count). The fourth-order valence-corrected chi connectivity index (χ4v) is 1.58. The van der Waals surface area contributed by atoms with Crippen molar-refractivity contribution < 1.29 is 0 Å². The van der Waals surface area contributed by atoms with E-state index in [4.69, 9.17) is 11.6 Å². The number of aryl methyl sites for hydroxylation is 1. The van der Waals surface area contributed by atoms with Crippen LogP contribution in [0.15, 0.2) is 36.8 Å². The van der Waals surface area contributed by atoms with Crippen molar-refractivity contribution in [1.82, 2.24) is 9.97 Å². The second-order valence-corrected chi connectivity index (χ2v) is 3.49. The van der Waals surface area contributed by atoms with Gasteiger partial charge in [-0.05, 0) is 24.6 Å². The summed E-state index contributed by atoms with van der Waals surface area (Å²) in [6.45, 7) is 2.01. The Morgan fingerprint density at radius 2 is 2.07 bits per heavy atom. The summed E-state index contributed by atoms with van der Waals surface area (Å²) < 4.78 is 0. The maximum absolute atomic E-state index is 5.87. The van der Waals surface area contributed by atoms with Crippen LogP contribution in [0.5, 0.6) is 0 Å². The summed E-state index contributed by atoms with van der Waals surface area (Å²) in [5.41, 5.74) is 3.06. The molecule has 0 spiro atoms. The molecule has 0 unspecified atom stereocenters. The molecule has 1 aromatic heterocycles. The lowest BCUT2D eigenvalue weighted by molar-refractivity contribution is 1.20. The molecule has 0 atom stereocenters. The molecule has 1 heterocycles. The Morgan fingerprint density at radius 3 is 2.71 bits per heavy atom. The fraction of sp³-hybridized carbons (Fsp3) is 0.0909. The van der Waals surface area contributed by atoms with Gasteiger partial charge in [-0.25, -0.2) is 0 Å². The lowest BCUT2D eigenvalue weighted by atomic mass is 10.1. The fourth-order valence-electron chi connectivity index (χ4n) is 1.35. The molecule has 0 N–H and O–H groups in total. The standard InChI is InChI=1S/C11H9ClN2/c1-8-6-9(12)2-3-10(8)11-7-13-4-5-14-11/h2-7H,1H3. The number of halogens is 1. The van der Waals surface area contributed by atoms with Crippen LogP contribution in [0.1, 0.15) is 5.56 Å². The first kappa shape index (κ1) is 9.16. The maximum Gasteiger partial charge on any atom is 0.0887 e. The largest absolute Gasteiger partial charge is 0.261 e. The van der Waals surface area contributed by atoms with Gasteiger partial charge in [0.05, 0.1) is 11.9 Å². The first-order chi connectivity index (χ1) is 6.77. The van der Waals surface area contributed by atoms with Crippen LogP contribution in [0.2, 0.25) is 5.02 Å². The molecule has 0 bridgehead atoms. The summed E-state index contributed by atoms with van der Waals surface area (Å²) in [5.74, 6) is 0. The van der Waals surface area contributed by atoms with Gasteiger partial charge in [-0.3, -0.25) is 9.97 Å². The van der Waals surface area contributed by atoms with E-state index in [2.05, 4.69) is 9.97 Å². The molecule has 0 fully saturated rings. The minimum atomic E-state index is 0.746. The van der Waals surface area contributed by atoms with Crippen LogP contribution in [-0.4, -0.2) is 9.97 Å². The summed E-state index contributed by atoms with van der Waals surface area (Å²) in [5, 5.41) is 0.746. The highest BCUT2D eigenvalue weighted by atomic mass is 35.5. The van der Waals surface area contributed by atoms with Crippen LogP contribution in [0, 0.1) is 6.92 Å². The third-order valence-corrected chi connectivity index (χ3v) is 2.26. The van der Waals surface area contributed by atoms with Crippen LogP contribution in [-0.2, 0) is 0 Å². The van der Waals surface area contributed by atoms with Gasteiger partial charge in [0, 0.05) is 23.0 Å². The van der Waals surface area contributed by atoms with E-state index in [0.717, 1.165) is 21.8 Å². The highest BCUT2D eigenvalue weighted by molar-refractivity contribution is 6.30. The number of aromatic nitrogens is 2. The third-order valence-electron chi connectivity index (χ3n) is 2.03. The number of hydrogen-bond donors (Lipinski definition) is 0. The summed E-state index contributed by atoms with van der Waals surface area (Å²) in [6.07, 6.45) is 5.09. The van der Waals surface area contributed by atoms with Crippen molar-refractivity contribution in [1.29, 1.82) is 0 Å². The molecule has 2 aromatic rings. The first-order valence-electron chi connectivity index (χ1n) is 4.30.